The second-order valence-corrected chi connectivity index (χ2v) is 3.42. The number of rotatable bonds is 5. The summed E-state index contributed by atoms with van der Waals surface area (Å²) in [5, 5.41) is 8.59. The van der Waals surface area contributed by atoms with Crippen LogP contribution in [0.2, 0.25) is 0 Å². The Morgan fingerprint density at radius 2 is 2.22 bits per heavy atom. The van der Waals surface area contributed by atoms with E-state index in [1.165, 1.54) is 11.9 Å². The SMILES string of the molecule is CCOC(=O)c1cnc(N(C)CC(=O)O)[nH]c1=O. The van der Waals surface area contributed by atoms with Gasteiger partial charge in [-0.1, -0.05) is 0 Å². The standard InChI is InChI=1S/C10H13N3O5/c1-3-18-9(17)6-4-11-10(12-8(6)16)13(2)5-7(14)15/h4H,3,5H2,1-2H3,(H,14,15)(H,11,12,16). The Bertz CT molecular complexity index is 510. The van der Waals surface area contributed by atoms with Gasteiger partial charge in [0, 0.05) is 7.05 Å². The smallest absolute Gasteiger partial charge is 0.345 e. The third kappa shape index (κ3) is 3.30. The van der Waals surface area contributed by atoms with Crippen molar-refractivity contribution in [1.82, 2.24) is 9.97 Å². The van der Waals surface area contributed by atoms with Crippen LogP contribution in [0.4, 0.5) is 5.95 Å². The summed E-state index contributed by atoms with van der Waals surface area (Å²) in [4.78, 5) is 40.8. The number of aromatic amines is 1. The molecule has 18 heavy (non-hydrogen) atoms. The van der Waals surface area contributed by atoms with E-state index in [0.717, 1.165) is 6.20 Å². The number of nitrogens with zero attached hydrogens (tertiary/aromatic N) is 2. The van der Waals surface area contributed by atoms with Crippen LogP contribution in [0.3, 0.4) is 0 Å². The highest BCUT2D eigenvalue weighted by Crippen LogP contribution is 2.02. The zero-order chi connectivity index (χ0) is 13.7. The summed E-state index contributed by atoms with van der Waals surface area (Å²) in [6, 6.07) is 0. The molecular formula is C10H13N3O5. The summed E-state index contributed by atoms with van der Waals surface area (Å²) in [5.74, 6) is -1.76. The fourth-order valence-electron chi connectivity index (χ4n) is 1.21. The maximum Gasteiger partial charge on any atom is 0.345 e. The molecule has 0 bridgehead atoms. The van der Waals surface area contributed by atoms with E-state index in [0.29, 0.717) is 0 Å². The molecule has 98 valence electrons. The molecule has 0 fully saturated rings. The average Bonchev–Trinajstić information content (AvgIpc) is 2.28. The maximum atomic E-state index is 11.6. The summed E-state index contributed by atoms with van der Waals surface area (Å²) < 4.78 is 4.67. The number of hydrogen-bond donors (Lipinski definition) is 2. The second kappa shape index (κ2) is 5.80. The lowest BCUT2D eigenvalue weighted by Gasteiger charge is -2.14. The molecule has 1 rings (SSSR count). The van der Waals surface area contributed by atoms with E-state index < -0.39 is 17.5 Å². The van der Waals surface area contributed by atoms with E-state index in [2.05, 4.69) is 14.7 Å². The molecule has 0 aromatic carbocycles. The van der Waals surface area contributed by atoms with Crippen molar-refractivity contribution in [3.05, 3.63) is 22.1 Å². The quantitative estimate of drug-likeness (QED) is 0.680. The summed E-state index contributed by atoms with van der Waals surface area (Å²) in [7, 11) is 1.45. The number of esters is 1. The Hall–Kier alpha value is -2.38. The normalized spacial score (nSPS) is 9.89. The largest absolute Gasteiger partial charge is 0.480 e. The number of H-pyrrole nitrogens is 1. The number of anilines is 1. The van der Waals surface area contributed by atoms with Gasteiger partial charge in [0.2, 0.25) is 5.95 Å². The molecule has 0 aliphatic carbocycles. The highest BCUT2D eigenvalue weighted by atomic mass is 16.5. The monoisotopic (exact) mass is 255 g/mol. The Morgan fingerprint density at radius 1 is 1.56 bits per heavy atom. The molecule has 0 aliphatic rings. The van der Waals surface area contributed by atoms with Crippen LogP contribution in [-0.2, 0) is 9.53 Å². The molecule has 1 heterocycles. The molecule has 0 aliphatic heterocycles. The number of aliphatic carboxylic acids is 1. The minimum atomic E-state index is -1.06. The fourth-order valence-corrected chi connectivity index (χ4v) is 1.21. The molecule has 0 atom stereocenters. The van der Waals surface area contributed by atoms with Crippen LogP contribution in [-0.4, -0.2) is 47.2 Å². The number of carbonyl (C=O) groups is 2. The van der Waals surface area contributed by atoms with Crippen molar-refractivity contribution in [2.24, 2.45) is 0 Å². The Balaban J connectivity index is 2.95. The molecule has 0 saturated carbocycles. The molecule has 0 spiro atoms. The molecular weight excluding hydrogens is 242 g/mol. The van der Waals surface area contributed by atoms with Gasteiger partial charge >= 0.3 is 11.9 Å². The van der Waals surface area contributed by atoms with E-state index in [-0.39, 0.29) is 24.7 Å². The van der Waals surface area contributed by atoms with Gasteiger partial charge in [-0.25, -0.2) is 9.78 Å². The van der Waals surface area contributed by atoms with Gasteiger partial charge in [-0.05, 0) is 6.92 Å². The van der Waals surface area contributed by atoms with E-state index >= 15 is 0 Å². The summed E-state index contributed by atoms with van der Waals surface area (Å²) in [6.07, 6.45) is 1.06. The zero-order valence-electron chi connectivity index (χ0n) is 9.97. The molecule has 0 radical (unpaired) electrons. The van der Waals surface area contributed by atoms with Crippen LogP contribution in [0.15, 0.2) is 11.0 Å². The van der Waals surface area contributed by atoms with Crippen LogP contribution >= 0.6 is 0 Å². The number of carboxylic acids is 1. The van der Waals surface area contributed by atoms with Crippen LogP contribution < -0.4 is 10.5 Å². The minimum absolute atomic E-state index is 0.0652. The summed E-state index contributed by atoms with van der Waals surface area (Å²) in [6.45, 7) is 1.45. The van der Waals surface area contributed by atoms with Crippen molar-refractivity contribution in [1.29, 1.82) is 0 Å². The van der Waals surface area contributed by atoms with E-state index in [1.807, 2.05) is 0 Å². The average molecular weight is 255 g/mol. The van der Waals surface area contributed by atoms with Gasteiger partial charge in [0.15, 0.2) is 0 Å². The number of likely N-dealkylation sites (N-methyl/N-ethyl adjacent to an activating group) is 1. The number of aromatic nitrogens is 2. The van der Waals surface area contributed by atoms with E-state index in [1.54, 1.807) is 6.92 Å². The van der Waals surface area contributed by atoms with Gasteiger partial charge in [-0.2, -0.15) is 0 Å². The van der Waals surface area contributed by atoms with Gasteiger partial charge in [0.05, 0.1) is 12.8 Å². The lowest BCUT2D eigenvalue weighted by atomic mass is 10.3. The van der Waals surface area contributed by atoms with Gasteiger partial charge in [-0.15, -0.1) is 0 Å². The van der Waals surface area contributed by atoms with Crippen LogP contribution in [0.1, 0.15) is 17.3 Å². The zero-order valence-corrected chi connectivity index (χ0v) is 9.97. The predicted molar refractivity (Wildman–Crippen MR) is 61.7 cm³/mol. The Morgan fingerprint density at radius 3 is 2.72 bits per heavy atom. The maximum absolute atomic E-state index is 11.6. The first-order valence-electron chi connectivity index (χ1n) is 5.15. The first-order valence-corrected chi connectivity index (χ1v) is 5.15. The molecule has 8 nitrogen and oxygen atoms in total. The van der Waals surface area contributed by atoms with Crippen LogP contribution in [0, 0.1) is 0 Å². The van der Waals surface area contributed by atoms with Gasteiger partial charge in [-0.3, -0.25) is 14.6 Å². The molecule has 8 heteroatoms. The molecule has 0 amide bonds. The Kier molecular flexibility index (Phi) is 4.41. The number of nitrogens with one attached hydrogen (secondary N) is 1. The van der Waals surface area contributed by atoms with Crippen molar-refractivity contribution >= 4 is 17.9 Å². The highest BCUT2D eigenvalue weighted by Gasteiger charge is 2.14. The van der Waals surface area contributed by atoms with Crippen molar-refractivity contribution in [3.63, 3.8) is 0 Å². The first kappa shape index (κ1) is 13.7. The van der Waals surface area contributed by atoms with Crippen LogP contribution in [0.25, 0.3) is 0 Å². The lowest BCUT2D eigenvalue weighted by Crippen LogP contribution is -2.30. The van der Waals surface area contributed by atoms with E-state index in [9.17, 15) is 14.4 Å². The molecule has 1 aromatic rings. The van der Waals surface area contributed by atoms with Gasteiger partial charge in [0.1, 0.15) is 12.1 Å². The molecule has 0 saturated heterocycles. The van der Waals surface area contributed by atoms with Gasteiger partial charge < -0.3 is 14.7 Å². The van der Waals surface area contributed by atoms with Crippen molar-refractivity contribution in [2.75, 3.05) is 25.1 Å². The topological polar surface area (TPSA) is 113 Å². The Labute approximate surface area is 102 Å². The third-order valence-corrected chi connectivity index (χ3v) is 2.02. The highest BCUT2D eigenvalue weighted by molar-refractivity contribution is 5.88. The molecule has 0 unspecified atom stereocenters. The summed E-state index contributed by atoms with van der Waals surface area (Å²) >= 11 is 0. The number of hydrogen-bond acceptors (Lipinski definition) is 6. The minimum Gasteiger partial charge on any atom is -0.480 e. The van der Waals surface area contributed by atoms with Gasteiger partial charge in [0.25, 0.3) is 5.56 Å². The van der Waals surface area contributed by atoms with Crippen LogP contribution in [0.5, 0.6) is 0 Å². The third-order valence-electron chi connectivity index (χ3n) is 2.02. The second-order valence-electron chi connectivity index (χ2n) is 3.42. The number of ether oxygens (including phenoxy) is 1. The van der Waals surface area contributed by atoms with Crippen molar-refractivity contribution in [3.8, 4) is 0 Å². The predicted octanol–water partition coefficient (Wildman–Crippen LogP) is -0.533. The fraction of sp³-hybridized carbons (Fsp3) is 0.400. The molecule has 1 aromatic heterocycles. The molecule has 2 N–H and O–H groups in total. The number of carbonyl (C=O) groups excluding carboxylic acids is 1. The number of carboxylic acid groups (broad SMARTS) is 1. The first-order chi connectivity index (χ1) is 8.45. The summed E-state index contributed by atoms with van der Waals surface area (Å²) in [5.41, 5.74) is -0.889. The van der Waals surface area contributed by atoms with E-state index in [4.69, 9.17) is 5.11 Å². The lowest BCUT2D eigenvalue weighted by molar-refractivity contribution is -0.135. The van der Waals surface area contributed by atoms with Crippen molar-refractivity contribution < 1.29 is 19.4 Å². The van der Waals surface area contributed by atoms with Crippen molar-refractivity contribution in [2.45, 2.75) is 6.92 Å².